The van der Waals surface area contributed by atoms with E-state index < -0.39 is 0 Å². The first-order chi connectivity index (χ1) is 11.8. The van der Waals surface area contributed by atoms with Gasteiger partial charge in [-0.2, -0.15) is 5.10 Å². The van der Waals surface area contributed by atoms with Crippen LogP contribution in [0.15, 0.2) is 67.1 Å². The lowest BCUT2D eigenvalue weighted by Gasteiger charge is -2.13. The summed E-state index contributed by atoms with van der Waals surface area (Å²) in [5.74, 6) is 0.814. The van der Waals surface area contributed by atoms with Crippen LogP contribution in [0.25, 0.3) is 5.82 Å². The molecule has 1 aromatic carbocycles. The smallest absolute Gasteiger partial charge is 0.157 e. The van der Waals surface area contributed by atoms with Crippen LogP contribution >= 0.6 is 0 Å². The molecule has 0 radical (unpaired) electrons. The van der Waals surface area contributed by atoms with E-state index in [-0.39, 0.29) is 6.10 Å². The minimum atomic E-state index is -0.366. The van der Waals surface area contributed by atoms with Crippen LogP contribution in [0.2, 0.25) is 0 Å². The number of aliphatic hydroxyl groups excluding tert-OH is 1. The van der Waals surface area contributed by atoms with Gasteiger partial charge in [-0.1, -0.05) is 36.4 Å². The molecule has 2 heterocycles. The van der Waals surface area contributed by atoms with Gasteiger partial charge < -0.3 is 10.4 Å². The fourth-order valence-electron chi connectivity index (χ4n) is 2.62. The summed E-state index contributed by atoms with van der Waals surface area (Å²) in [5, 5.41) is 17.7. The number of nitrogens with zero attached hydrogens (tertiary/aromatic N) is 3. The van der Waals surface area contributed by atoms with Gasteiger partial charge in [0.05, 0.1) is 6.10 Å². The van der Waals surface area contributed by atoms with Crippen molar-refractivity contribution < 1.29 is 5.11 Å². The Morgan fingerprint density at radius 1 is 1.04 bits per heavy atom. The highest BCUT2D eigenvalue weighted by Crippen LogP contribution is 2.10. The highest BCUT2D eigenvalue weighted by atomic mass is 16.3. The van der Waals surface area contributed by atoms with Gasteiger partial charge in [-0.05, 0) is 30.5 Å². The van der Waals surface area contributed by atoms with Gasteiger partial charge >= 0.3 is 0 Å². The molecule has 0 bridgehead atoms. The van der Waals surface area contributed by atoms with Crippen LogP contribution in [0, 0.1) is 0 Å². The second-order valence-corrected chi connectivity index (χ2v) is 5.75. The average Bonchev–Trinajstić information content (AvgIpc) is 3.16. The van der Waals surface area contributed by atoms with Crippen LogP contribution in [0.3, 0.4) is 0 Å². The van der Waals surface area contributed by atoms with Crippen molar-refractivity contribution in [2.45, 2.75) is 25.5 Å². The number of nitrogens with one attached hydrogen (secondary N) is 1. The first-order valence-electron chi connectivity index (χ1n) is 8.19. The molecule has 5 heteroatoms. The van der Waals surface area contributed by atoms with Crippen LogP contribution in [0.5, 0.6) is 0 Å². The summed E-state index contributed by atoms with van der Waals surface area (Å²) in [5.41, 5.74) is 2.31. The summed E-state index contributed by atoms with van der Waals surface area (Å²) in [6.45, 7) is 1.20. The standard InChI is InChI=1S/C19H22N4O/c24-18(10-9-16-6-2-1-3-7-16)15-20-14-17-8-4-11-21-19(17)23-13-5-12-22-23/h1-8,11-13,18,20,24H,9-10,14-15H2. The Balaban J connectivity index is 1.48. The maximum absolute atomic E-state index is 10.1. The van der Waals surface area contributed by atoms with Gasteiger partial charge in [0.25, 0.3) is 0 Å². The summed E-state index contributed by atoms with van der Waals surface area (Å²) in [7, 11) is 0. The molecule has 1 atom stereocenters. The third-order valence-electron chi connectivity index (χ3n) is 3.89. The fourth-order valence-corrected chi connectivity index (χ4v) is 2.62. The lowest BCUT2D eigenvalue weighted by Crippen LogP contribution is -2.27. The number of pyridine rings is 1. The van der Waals surface area contributed by atoms with Crippen LogP contribution in [-0.2, 0) is 13.0 Å². The number of aromatic nitrogens is 3. The largest absolute Gasteiger partial charge is 0.392 e. The summed E-state index contributed by atoms with van der Waals surface area (Å²) < 4.78 is 1.75. The average molecular weight is 322 g/mol. The monoisotopic (exact) mass is 322 g/mol. The second kappa shape index (κ2) is 8.38. The number of aryl methyl sites for hydroxylation is 1. The minimum Gasteiger partial charge on any atom is -0.392 e. The Hall–Kier alpha value is -2.50. The molecule has 0 aliphatic heterocycles. The zero-order valence-corrected chi connectivity index (χ0v) is 13.5. The number of hydrogen-bond donors (Lipinski definition) is 2. The Morgan fingerprint density at radius 2 is 1.92 bits per heavy atom. The van der Waals surface area contributed by atoms with E-state index in [9.17, 15) is 5.11 Å². The van der Waals surface area contributed by atoms with E-state index in [2.05, 4.69) is 27.5 Å². The van der Waals surface area contributed by atoms with Crippen LogP contribution in [0.1, 0.15) is 17.5 Å². The molecule has 3 rings (SSSR count). The van der Waals surface area contributed by atoms with E-state index in [0.717, 1.165) is 24.2 Å². The quantitative estimate of drug-likeness (QED) is 0.668. The predicted octanol–water partition coefficient (Wildman–Crippen LogP) is 2.35. The van der Waals surface area contributed by atoms with E-state index in [1.54, 1.807) is 17.1 Å². The van der Waals surface area contributed by atoms with Crippen molar-refractivity contribution >= 4 is 0 Å². The maximum atomic E-state index is 10.1. The fraction of sp³-hybridized carbons (Fsp3) is 0.263. The Bertz CT molecular complexity index is 728. The van der Waals surface area contributed by atoms with Gasteiger partial charge in [0.2, 0.25) is 0 Å². The number of rotatable bonds is 8. The molecule has 0 aliphatic carbocycles. The third-order valence-corrected chi connectivity index (χ3v) is 3.89. The van der Waals surface area contributed by atoms with E-state index in [0.29, 0.717) is 13.1 Å². The van der Waals surface area contributed by atoms with Gasteiger partial charge in [0, 0.05) is 37.2 Å². The van der Waals surface area contributed by atoms with Crippen LogP contribution in [0.4, 0.5) is 0 Å². The molecule has 3 aromatic rings. The minimum absolute atomic E-state index is 0.366. The Morgan fingerprint density at radius 3 is 2.71 bits per heavy atom. The highest BCUT2D eigenvalue weighted by molar-refractivity contribution is 5.32. The summed E-state index contributed by atoms with van der Waals surface area (Å²) in [6.07, 6.45) is 6.63. The van der Waals surface area contributed by atoms with Gasteiger partial charge in [-0.3, -0.25) is 0 Å². The van der Waals surface area contributed by atoms with Gasteiger partial charge in [-0.25, -0.2) is 9.67 Å². The zero-order chi connectivity index (χ0) is 16.6. The van der Waals surface area contributed by atoms with Gasteiger partial charge in [0.15, 0.2) is 5.82 Å². The first kappa shape index (κ1) is 16.4. The topological polar surface area (TPSA) is 63.0 Å². The number of hydrogen-bond acceptors (Lipinski definition) is 4. The molecule has 2 aromatic heterocycles. The van der Waals surface area contributed by atoms with Crippen molar-refractivity contribution in [2.24, 2.45) is 0 Å². The van der Waals surface area contributed by atoms with E-state index in [4.69, 9.17) is 0 Å². The first-order valence-corrected chi connectivity index (χ1v) is 8.19. The highest BCUT2D eigenvalue weighted by Gasteiger charge is 2.08. The molecule has 124 valence electrons. The lowest BCUT2D eigenvalue weighted by atomic mass is 10.1. The summed E-state index contributed by atoms with van der Waals surface area (Å²) in [4.78, 5) is 4.39. The Labute approximate surface area is 142 Å². The molecule has 5 nitrogen and oxygen atoms in total. The lowest BCUT2D eigenvalue weighted by molar-refractivity contribution is 0.161. The summed E-state index contributed by atoms with van der Waals surface area (Å²) in [6, 6.07) is 16.0. The summed E-state index contributed by atoms with van der Waals surface area (Å²) >= 11 is 0. The van der Waals surface area contributed by atoms with E-state index in [1.807, 2.05) is 42.6 Å². The third kappa shape index (κ3) is 4.50. The Kier molecular flexibility index (Phi) is 5.71. The molecular formula is C19H22N4O. The van der Waals surface area contributed by atoms with E-state index in [1.165, 1.54) is 5.56 Å². The van der Waals surface area contributed by atoms with Crippen LogP contribution < -0.4 is 5.32 Å². The van der Waals surface area contributed by atoms with Gasteiger partial charge in [-0.15, -0.1) is 0 Å². The normalized spacial score (nSPS) is 12.2. The molecular weight excluding hydrogens is 300 g/mol. The number of aliphatic hydroxyl groups is 1. The van der Waals surface area contributed by atoms with Gasteiger partial charge in [0.1, 0.15) is 0 Å². The molecule has 0 aliphatic rings. The maximum Gasteiger partial charge on any atom is 0.157 e. The molecule has 0 saturated heterocycles. The molecule has 0 spiro atoms. The van der Waals surface area contributed by atoms with Crippen molar-refractivity contribution in [3.63, 3.8) is 0 Å². The molecule has 24 heavy (non-hydrogen) atoms. The number of benzene rings is 1. The predicted molar refractivity (Wildman–Crippen MR) is 93.8 cm³/mol. The van der Waals surface area contributed by atoms with E-state index >= 15 is 0 Å². The SMILES string of the molecule is OC(CCc1ccccc1)CNCc1cccnc1-n1cccn1. The van der Waals surface area contributed by atoms with Crippen molar-refractivity contribution in [3.8, 4) is 5.82 Å². The van der Waals surface area contributed by atoms with Crippen molar-refractivity contribution in [1.82, 2.24) is 20.1 Å². The molecule has 0 saturated carbocycles. The molecule has 0 amide bonds. The zero-order valence-electron chi connectivity index (χ0n) is 13.5. The second-order valence-electron chi connectivity index (χ2n) is 5.75. The van der Waals surface area contributed by atoms with Crippen LogP contribution in [-0.4, -0.2) is 32.5 Å². The van der Waals surface area contributed by atoms with Crippen molar-refractivity contribution in [2.75, 3.05) is 6.54 Å². The molecule has 0 fully saturated rings. The molecule has 1 unspecified atom stereocenters. The van der Waals surface area contributed by atoms with Crippen molar-refractivity contribution in [1.29, 1.82) is 0 Å². The molecule has 2 N–H and O–H groups in total. The van der Waals surface area contributed by atoms with Crippen molar-refractivity contribution in [3.05, 3.63) is 78.2 Å².